The molecule has 0 aliphatic heterocycles. The molecule has 92 valence electrons. The van der Waals surface area contributed by atoms with Crippen LogP contribution in [-0.4, -0.2) is 19.1 Å². The standard InChI is InChI=1S/C11H17NO2S.ClH/c1-3-14-11(13)4-6-12-8-10-9(2)5-7-15-10;/h5,7,12H,3-4,6,8H2,1-2H3;1H. The van der Waals surface area contributed by atoms with Crippen molar-refractivity contribution in [3.8, 4) is 0 Å². The third-order valence-electron chi connectivity index (χ3n) is 2.06. The van der Waals surface area contributed by atoms with Gasteiger partial charge in [-0.05, 0) is 30.9 Å². The molecule has 1 heterocycles. The summed E-state index contributed by atoms with van der Waals surface area (Å²) in [6, 6.07) is 2.10. The Kier molecular flexibility index (Phi) is 8.25. The predicted molar refractivity (Wildman–Crippen MR) is 69.3 cm³/mol. The molecule has 0 radical (unpaired) electrons. The lowest BCUT2D eigenvalue weighted by Gasteiger charge is -2.04. The predicted octanol–water partition coefficient (Wildman–Crippen LogP) is 2.52. The van der Waals surface area contributed by atoms with Gasteiger partial charge in [-0.3, -0.25) is 4.79 Å². The molecule has 1 N–H and O–H groups in total. The molecule has 5 heteroatoms. The first-order valence-electron chi connectivity index (χ1n) is 5.13. The molecular weight excluding hydrogens is 246 g/mol. The second-order valence-corrected chi connectivity index (χ2v) is 4.26. The summed E-state index contributed by atoms with van der Waals surface area (Å²) in [7, 11) is 0. The van der Waals surface area contributed by atoms with Gasteiger partial charge in [0, 0.05) is 18.0 Å². The van der Waals surface area contributed by atoms with Crippen molar-refractivity contribution < 1.29 is 9.53 Å². The van der Waals surface area contributed by atoms with Gasteiger partial charge in [-0.1, -0.05) is 0 Å². The average Bonchev–Trinajstić information content (AvgIpc) is 2.60. The van der Waals surface area contributed by atoms with Gasteiger partial charge in [0.1, 0.15) is 0 Å². The maximum Gasteiger partial charge on any atom is 0.307 e. The minimum absolute atomic E-state index is 0. The zero-order chi connectivity index (χ0) is 11.1. The van der Waals surface area contributed by atoms with Gasteiger partial charge in [0.05, 0.1) is 13.0 Å². The highest BCUT2D eigenvalue weighted by Gasteiger charge is 2.02. The molecule has 0 saturated carbocycles. The van der Waals surface area contributed by atoms with Gasteiger partial charge in [-0.25, -0.2) is 0 Å². The van der Waals surface area contributed by atoms with E-state index in [0.29, 0.717) is 19.6 Å². The van der Waals surface area contributed by atoms with Crippen molar-refractivity contribution in [2.75, 3.05) is 13.2 Å². The van der Waals surface area contributed by atoms with Gasteiger partial charge in [-0.15, -0.1) is 23.7 Å². The fraction of sp³-hybridized carbons (Fsp3) is 0.545. The van der Waals surface area contributed by atoms with Gasteiger partial charge in [0.15, 0.2) is 0 Å². The largest absolute Gasteiger partial charge is 0.466 e. The molecule has 1 aromatic rings. The van der Waals surface area contributed by atoms with E-state index in [9.17, 15) is 4.79 Å². The Morgan fingerprint density at radius 3 is 2.88 bits per heavy atom. The Morgan fingerprint density at radius 1 is 1.56 bits per heavy atom. The van der Waals surface area contributed by atoms with Crippen molar-refractivity contribution in [1.29, 1.82) is 0 Å². The molecular formula is C11H18ClNO2S. The van der Waals surface area contributed by atoms with Crippen LogP contribution in [0.15, 0.2) is 11.4 Å². The lowest BCUT2D eigenvalue weighted by atomic mass is 10.3. The third kappa shape index (κ3) is 5.49. The first-order chi connectivity index (χ1) is 7.24. The van der Waals surface area contributed by atoms with Gasteiger partial charge in [0.2, 0.25) is 0 Å². The number of esters is 1. The minimum atomic E-state index is -0.132. The summed E-state index contributed by atoms with van der Waals surface area (Å²) in [5.74, 6) is -0.132. The number of rotatable bonds is 6. The quantitative estimate of drug-likeness (QED) is 0.633. The van der Waals surface area contributed by atoms with Crippen LogP contribution in [0.2, 0.25) is 0 Å². The van der Waals surface area contributed by atoms with Crippen LogP contribution in [0, 0.1) is 6.92 Å². The summed E-state index contributed by atoms with van der Waals surface area (Å²) < 4.78 is 4.83. The fourth-order valence-corrected chi connectivity index (χ4v) is 2.09. The van der Waals surface area contributed by atoms with Crippen LogP contribution in [0.4, 0.5) is 0 Å². The molecule has 0 aromatic carbocycles. The normalized spacial score (nSPS) is 9.62. The number of hydrogen-bond acceptors (Lipinski definition) is 4. The SMILES string of the molecule is CCOC(=O)CCNCc1sccc1C.Cl. The number of ether oxygens (including phenoxy) is 1. The Bertz CT molecular complexity index is 315. The Labute approximate surface area is 107 Å². The summed E-state index contributed by atoms with van der Waals surface area (Å²) in [6.07, 6.45) is 0.443. The summed E-state index contributed by atoms with van der Waals surface area (Å²) in [6.45, 7) is 5.89. The number of carbonyl (C=O) groups is 1. The number of hydrogen-bond donors (Lipinski definition) is 1. The molecule has 0 bridgehead atoms. The molecule has 0 amide bonds. The highest BCUT2D eigenvalue weighted by molar-refractivity contribution is 7.10. The van der Waals surface area contributed by atoms with E-state index < -0.39 is 0 Å². The smallest absolute Gasteiger partial charge is 0.307 e. The summed E-state index contributed by atoms with van der Waals surface area (Å²) in [4.78, 5) is 12.3. The van der Waals surface area contributed by atoms with Crippen LogP contribution >= 0.6 is 23.7 Å². The molecule has 3 nitrogen and oxygen atoms in total. The lowest BCUT2D eigenvalue weighted by molar-refractivity contribution is -0.142. The van der Waals surface area contributed by atoms with Crippen molar-refractivity contribution >= 4 is 29.7 Å². The molecule has 1 aromatic heterocycles. The topological polar surface area (TPSA) is 38.3 Å². The van der Waals surface area contributed by atoms with Gasteiger partial charge in [-0.2, -0.15) is 0 Å². The van der Waals surface area contributed by atoms with Crippen molar-refractivity contribution in [1.82, 2.24) is 5.32 Å². The first-order valence-corrected chi connectivity index (χ1v) is 6.01. The average molecular weight is 264 g/mol. The van der Waals surface area contributed by atoms with E-state index in [2.05, 4.69) is 23.7 Å². The molecule has 16 heavy (non-hydrogen) atoms. The van der Waals surface area contributed by atoms with Crippen LogP contribution in [-0.2, 0) is 16.1 Å². The van der Waals surface area contributed by atoms with Crippen LogP contribution in [0.1, 0.15) is 23.8 Å². The van der Waals surface area contributed by atoms with E-state index in [1.807, 2.05) is 6.92 Å². The number of thiophene rings is 1. The van der Waals surface area contributed by atoms with E-state index in [4.69, 9.17) is 4.74 Å². The van der Waals surface area contributed by atoms with Crippen LogP contribution in [0.3, 0.4) is 0 Å². The van der Waals surface area contributed by atoms with Crippen molar-refractivity contribution in [2.45, 2.75) is 26.8 Å². The van der Waals surface area contributed by atoms with Crippen molar-refractivity contribution in [3.05, 3.63) is 21.9 Å². The van der Waals surface area contributed by atoms with Crippen LogP contribution < -0.4 is 5.32 Å². The Balaban J connectivity index is 0.00000225. The maximum absolute atomic E-state index is 11.0. The summed E-state index contributed by atoms with van der Waals surface area (Å²) in [5, 5.41) is 5.31. The third-order valence-corrected chi connectivity index (χ3v) is 3.09. The molecule has 0 atom stereocenters. The number of carbonyl (C=O) groups excluding carboxylic acids is 1. The minimum Gasteiger partial charge on any atom is -0.466 e. The van der Waals surface area contributed by atoms with Gasteiger partial charge < -0.3 is 10.1 Å². The molecule has 0 aliphatic rings. The lowest BCUT2D eigenvalue weighted by Crippen LogP contribution is -2.18. The highest BCUT2D eigenvalue weighted by atomic mass is 35.5. The highest BCUT2D eigenvalue weighted by Crippen LogP contribution is 2.14. The number of aryl methyl sites for hydroxylation is 1. The summed E-state index contributed by atoms with van der Waals surface area (Å²) in [5.41, 5.74) is 1.31. The number of nitrogens with one attached hydrogen (secondary N) is 1. The van der Waals surface area contributed by atoms with Crippen molar-refractivity contribution in [2.24, 2.45) is 0 Å². The molecule has 0 saturated heterocycles. The van der Waals surface area contributed by atoms with Gasteiger partial charge >= 0.3 is 5.97 Å². The maximum atomic E-state index is 11.0. The van der Waals surface area contributed by atoms with Crippen LogP contribution in [0.25, 0.3) is 0 Å². The Morgan fingerprint density at radius 2 is 2.31 bits per heavy atom. The van der Waals surface area contributed by atoms with Crippen molar-refractivity contribution in [3.63, 3.8) is 0 Å². The van der Waals surface area contributed by atoms with Gasteiger partial charge in [0.25, 0.3) is 0 Å². The zero-order valence-corrected chi connectivity index (χ0v) is 11.2. The molecule has 1 rings (SSSR count). The van der Waals surface area contributed by atoms with Crippen LogP contribution in [0.5, 0.6) is 0 Å². The van der Waals surface area contributed by atoms with E-state index in [1.54, 1.807) is 11.3 Å². The van der Waals surface area contributed by atoms with E-state index in [-0.39, 0.29) is 18.4 Å². The fourth-order valence-electron chi connectivity index (χ4n) is 1.21. The summed E-state index contributed by atoms with van der Waals surface area (Å²) >= 11 is 1.74. The first kappa shape index (κ1) is 15.4. The zero-order valence-electron chi connectivity index (χ0n) is 9.62. The molecule has 0 spiro atoms. The molecule has 0 aliphatic carbocycles. The molecule has 0 fully saturated rings. The van der Waals surface area contributed by atoms with E-state index >= 15 is 0 Å². The second kappa shape index (κ2) is 8.56. The van der Waals surface area contributed by atoms with E-state index in [1.165, 1.54) is 10.4 Å². The van der Waals surface area contributed by atoms with E-state index in [0.717, 1.165) is 6.54 Å². The monoisotopic (exact) mass is 263 g/mol. The number of halogens is 1. The second-order valence-electron chi connectivity index (χ2n) is 3.26. The Hall–Kier alpha value is -0.580. The molecule has 0 unspecified atom stereocenters.